The molecule has 1 fully saturated rings. The Hall–Kier alpha value is -2.86. The predicted molar refractivity (Wildman–Crippen MR) is 112 cm³/mol. The first-order valence-electron chi connectivity index (χ1n) is 10.6. The Labute approximate surface area is 175 Å². The zero-order valence-corrected chi connectivity index (χ0v) is 17.0. The molecule has 1 atom stereocenters. The molecule has 1 amide bonds. The maximum absolute atomic E-state index is 13.9. The quantitative estimate of drug-likeness (QED) is 0.571. The Morgan fingerprint density at radius 1 is 1.07 bits per heavy atom. The van der Waals surface area contributed by atoms with Gasteiger partial charge in [-0.1, -0.05) is 18.6 Å². The average Bonchev–Trinajstić information content (AvgIpc) is 3.46. The third kappa shape index (κ3) is 5.00. The molecule has 30 heavy (non-hydrogen) atoms. The van der Waals surface area contributed by atoms with Gasteiger partial charge in [-0.2, -0.15) is 0 Å². The van der Waals surface area contributed by atoms with E-state index in [9.17, 15) is 9.18 Å². The summed E-state index contributed by atoms with van der Waals surface area (Å²) in [6, 6.07) is 14.0. The predicted octanol–water partition coefficient (Wildman–Crippen LogP) is 4.95. The Kier molecular flexibility index (Phi) is 6.64. The molecule has 4 rings (SSSR count). The Bertz CT molecular complexity index is 945. The number of carbonyl (C=O) groups excluding carboxylic acids is 1. The number of hydrogen-bond acceptors (Lipinski definition) is 4. The fourth-order valence-corrected chi connectivity index (χ4v) is 3.97. The summed E-state index contributed by atoms with van der Waals surface area (Å²) in [4.78, 5) is 14.8. The van der Waals surface area contributed by atoms with Crippen LogP contribution in [0, 0.1) is 5.82 Å². The number of nitrogens with one attached hydrogen (secondary N) is 1. The standard InChI is InChI=1S/C24H27FN2O3/c25-20-8-3-2-7-19(20)22-12-10-18(30-22)11-13-24(28)26-17-21(23-9-6-16-29-23)27-14-4-1-5-15-27/h2-3,6-10,12,16,21H,1,4-5,11,13-15,17H2,(H,26,28). The van der Waals surface area contributed by atoms with Crippen LogP contribution in [-0.2, 0) is 11.2 Å². The molecule has 1 aliphatic heterocycles. The molecule has 158 valence electrons. The third-order valence-electron chi connectivity index (χ3n) is 5.60. The van der Waals surface area contributed by atoms with Crippen LogP contribution >= 0.6 is 0 Å². The van der Waals surface area contributed by atoms with Crippen LogP contribution < -0.4 is 5.32 Å². The second-order valence-corrected chi connectivity index (χ2v) is 7.68. The molecule has 0 bridgehead atoms. The lowest BCUT2D eigenvalue weighted by Gasteiger charge is -2.33. The number of halogens is 1. The van der Waals surface area contributed by atoms with Crippen molar-refractivity contribution in [3.63, 3.8) is 0 Å². The summed E-state index contributed by atoms with van der Waals surface area (Å²) in [5, 5.41) is 3.04. The van der Waals surface area contributed by atoms with E-state index in [-0.39, 0.29) is 17.8 Å². The second kappa shape index (κ2) is 9.76. The van der Waals surface area contributed by atoms with Crippen molar-refractivity contribution in [3.8, 4) is 11.3 Å². The van der Waals surface area contributed by atoms with E-state index in [4.69, 9.17) is 8.83 Å². The van der Waals surface area contributed by atoms with Gasteiger partial charge in [0.15, 0.2) is 0 Å². The summed E-state index contributed by atoms with van der Waals surface area (Å²) >= 11 is 0. The van der Waals surface area contributed by atoms with Gasteiger partial charge in [0.2, 0.25) is 5.91 Å². The number of likely N-dealkylation sites (tertiary alicyclic amines) is 1. The normalized spacial score (nSPS) is 15.8. The number of furan rings is 2. The molecule has 1 saturated heterocycles. The molecular weight excluding hydrogens is 383 g/mol. The van der Waals surface area contributed by atoms with Crippen molar-refractivity contribution in [2.75, 3.05) is 19.6 Å². The van der Waals surface area contributed by atoms with Crippen molar-refractivity contribution < 1.29 is 18.0 Å². The highest BCUT2D eigenvalue weighted by molar-refractivity contribution is 5.76. The zero-order chi connectivity index (χ0) is 20.8. The summed E-state index contributed by atoms with van der Waals surface area (Å²) in [5.74, 6) is 1.68. The van der Waals surface area contributed by atoms with Gasteiger partial charge in [-0.05, 0) is 62.3 Å². The molecule has 5 nitrogen and oxygen atoms in total. The van der Waals surface area contributed by atoms with Crippen LogP contribution in [0.3, 0.4) is 0 Å². The molecule has 0 radical (unpaired) electrons. The van der Waals surface area contributed by atoms with Crippen LogP contribution in [0.5, 0.6) is 0 Å². The Morgan fingerprint density at radius 3 is 2.67 bits per heavy atom. The number of rotatable bonds is 8. The van der Waals surface area contributed by atoms with Gasteiger partial charge in [-0.15, -0.1) is 0 Å². The summed E-state index contributed by atoms with van der Waals surface area (Å²) < 4.78 is 25.3. The number of amides is 1. The van der Waals surface area contributed by atoms with E-state index < -0.39 is 0 Å². The highest BCUT2D eigenvalue weighted by Crippen LogP contribution is 2.26. The van der Waals surface area contributed by atoms with E-state index in [0.717, 1.165) is 18.8 Å². The SMILES string of the molecule is O=C(CCc1ccc(-c2ccccc2F)o1)NCC(c1ccco1)N1CCCCC1. The largest absolute Gasteiger partial charge is 0.468 e. The van der Waals surface area contributed by atoms with Crippen LogP contribution in [-0.4, -0.2) is 30.4 Å². The van der Waals surface area contributed by atoms with Crippen molar-refractivity contribution in [2.24, 2.45) is 0 Å². The zero-order valence-electron chi connectivity index (χ0n) is 17.0. The van der Waals surface area contributed by atoms with Crippen molar-refractivity contribution in [2.45, 2.75) is 38.1 Å². The van der Waals surface area contributed by atoms with Gasteiger partial charge in [-0.25, -0.2) is 4.39 Å². The summed E-state index contributed by atoms with van der Waals surface area (Å²) in [5.41, 5.74) is 0.427. The van der Waals surface area contributed by atoms with Crippen LogP contribution in [0.2, 0.25) is 0 Å². The molecule has 3 heterocycles. The summed E-state index contributed by atoms with van der Waals surface area (Å²) in [7, 11) is 0. The molecule has 1 N–H and O–H groups in total. The summed E-state index contributed by atoms with van der Waals surface area (Å²) in [6.07, 6.45) is 6.07. The van der Waals surface area contributed by atoms with Gasteiger partial charge in [0.1, 0.15) is 23.1 Å². The highest BCUT2D eigenvalue weighted by Gasteiger charge is 2.24. The number of nitrogens with zero attached hydrogens (tertiary/aromatic N) is 1. The first-order valence-corrected chi connectivity index (χ1v) is 10.6. The van der Waals surface area contributed by atoms with Crippen LogP contribution in [0.25, 0.3) is 11.3 Å². The van der Waals surface area contributed by atoms with Crippen LogP contribution in [0.15, 0.2) is 63.6 Å². The fraction of sp³-hybridized carbons (Fsp3) is 0.375. The number of carbonyl (C=O) groups is 1. The Morgan fingerprint density at radius 2 is 1.90 bits per heavy atom. The van der Waals surface area contributed by atoms with Gasteiger partial charge >= 0.3 is 0 Å². The lowest BCUT2D eigenvalue weighted by molar-refractivity contribution is -0.121. The van der Waals surface area contributed by atoms with E-state index in [2.05, 4.69) is 10.2 Å². The second-order valence-electron chi connectivity index (χ2n) is 7.68. The van der Waals surface area contributed by atoms with Crippen molar-refractivity contribution in [1.82, 2.24) is 10.2 Å². The molecule has 2 aromatic heterocycles. The molecule has 0 aliphatic carbocycles. The average molecular weight is 410 g/mol. The van der Waals surface area contributed by atoms with Gasteiger partial charge in [-0.3, -0.25) is 9.69 Å². The van der Waals surface area contributed by atoms with Gasteiger partial charge in [0.25, 0.3) is 0 Å². The minimum absolute atomic E-state index is 0.0348. The van der Waals surface area contributed by atoms with Crippen molar-refractivity contribution in [3.05, 3.63) is 72.1 Å². The fourth-order valence-electron chi connectivity index (χ4n) is 3.97. The highest BCUT2D eigenvalue weighted by atomic mass is 19.1. The first kappa shape index (κ1) is 20.4. The minimum Gasteiger partial charge on any atom is -0.468 e. The molecule has 3 aromatic rings. The number of piperidine rings is 1. The minimum atomic E-state index is -0.321. The number of aryl methyl sites for hydroxylation is 1. The first-order chi connectivity index (χ1) is 14.7. The van der Waals surface area contributed by atoms with Gasteiger partial charge in [0, 0.05) is 19.4 Å². The van der Waals surface area contributed by atoms with E-state index in [1.807, 2.05) is 12.1 Å². The smallest absolute Gasteiger partial charge is 0.220 e. The molecule has 1 aliphatic rings. The van der Waals surface area contributed by atoms with Crippen molar-refractivity contribution >= 4 is 5.91 Å². The van der Waals surface area contributed by atoms with E-state index >= 15 is 0 Å². The van der Waals surface area contributed by atoms with E-state index in [1.54, 1.807) is 36.6 Å². The maximum Gasteiger partial charge on any atom is 0.220 e. The lowest BCUT2D eigenvalue weighted by atomic mass is 10.1. The number of benzene rings is 1. The summed E-state index contributed by atoms with van der Waals surface area (Å²) in [6.45, 7) is 2.56. The lowest BCUT2D eigenvalue weighted by Crippen LogP contribution is -2.40. The Balaban J connectivity index is 1.30. The third-order valence-corrected chi connectivity index (χ3v) is 5.60. The number of hydrogen-bond donors (Lipinski definition) is 1. The van der Waals surface area contributed by atoms with Gasteiger partial charge < -0.3 is 14.2 Å². The topological polar surface area (TPSA) is 58.6 Å². The van der Waals surface area contributed by atoms with E-state index in [1.165, 1.54) is 25.3 Å². The molecule has 6 heteroatoms. The van der Waals surface area contributed by atoms with Crippen LogP contribution in [0.1, 0.15) is 43.2 Å². The van der Waals surface area contributed by atoms with Crippen LogP contribution in [0.4, 0.5) is 4.39 Å². The van der Waals surface area contributed by atoms with Crippen molar-refractivity contribution in [1.29, 1.82) is 0 Å². The molecule has 1 unspecified atom stereocenters. The molecular formula is C24H27FN2O3. The monoisotopic (exact) mass is 410 g/mol. The maximum atomic E-state index is 13.9. The van der Waals surface area contributed by atoms with E-state index in [0.29, 0.717) is 36.5 Å². The molecule has 0 saturated carbocycles. The molecule has 1 aromatic carbocycles. The van der Waals surface area contributed by atoms with Gasteiger partial charge in [0.05, 0.1) is 17.9 Å². The molecule has 0 spiro atoms.